The van der Waals surface area contributed by atoms with E-state index in [0.29, 0.717) is 12.1 Å². The summed E-state index contributed by atoms with van der Waals surface area (Å²) in [5.74, 6) is -0.104. The highest BCUT2D eigenvalue weighted by molar-refractivity contribution is 7.91. The number of nitrogens with one attached hydrogen (secondary N) is 1. The van der Waals surface area contributed by atoms with Crippen molar-refractivity contribution < 1.29 is 13.2 Å². The molecule has 0 saturated carbocycles. The molecule has 0 aliphatic carbocycles. The quantitative estimate of drug-likeness (QED) is 0.901. The predicted octanol–water partition coefficient (Wildman–Crippen LogP) is 1.38. The van der Waals surface area contributed by atoms with Gasteiger partial charge in [-0.3, -0.25) is 9.78 Å². The molecule has 3 heterocycles. The van der Waals surface area contributed by atoms with Crippen molar-refractivity contribution in [1.29, 1.82) is 0 Å². The molecule has 7 heteroatoms. The summed E-state index contributed by atoms with van der Waals surface area (Å²) >= 11 is 0. The van der Waals surface area contributed by atoms with Gasteiger partial charge in [0.25, 0.3) is 5.91 Å². The van der Waals surface area contributed by atoms with Crippen LogP contribution in [0.15, 0.2) is 18.3 Å². The Kier molecular flexibility index (Phi) is 4.84. The third-order valence-corrected chi connectivity index (χ3v) is 6.28. The minimum Gasteiger partial charge on any atom is -0.371 e. The zero-order chi connectivity index (χ0) is 16.3. The highest BCUT2D eigenvalue weighted by Crippen LogP contribution is 2.20. The molecule has 6 nitrogen and oxygen atoms in total. The lowest BCUT2D eigenvalue weighted by Gasteiger charge is -2.23. The molecule has 23 heavy (non-hydrogen) atoms. The van der Waals surface area contributed by atoms with Gasteiger partial charge in [-0.2, -0.15) is 0 Å². The highest BCUT2D eigenvalue weighted by Gasteiger charge is 2.29. The molecule has 2 aliphatic heterocycles. The summed E-state index contributed by atoms with van der Waals surface area (Å²) in [5, 5.41) is 2.79. The van der Waals surface area contributed by atoms with Crippen LogP contribution >= 0.6 is 0 Å². The molecule has 1 N–H and O–H groups in total. The van der Waals surface area contributed by atoms with Gasteiger partial charge in [-0.15, -0.1) is 0 Å². The van der Waals surface area contributed by atoms with Crippen molar-refractivity contribution in [2.75, 3.05) is 29.5 Å². The first-order valence-corrected chi connectivity index (χ1v) is 10.1. The lowest BCUT2D eigenvalue weighted by atomic mass is 10.2. The lowest BCUT2D eigenvalue weighted by molar-refractivity contribution is 0.0936. The maximum atomic E-state index is 12.3. The van der Waals surface area contributed by atoms with Crippen LogP contribution in [-0.2, 0) is 9.84 Å². The van der Waals surface area contributed by atoms with Crippen molar-refractivity contribution in [3.63, 3.8) is 0 Å². The van der Waals surface area contributed by atoms with E-state index in [4.69, 9.17) is 0 Å². The molecule has 0 spiro atoms. The van der Waals surface area contributed by atoms with Gasteiger partial charge in [0.05, 0.1) is 11.5 Å². The largest absolute Gasteiger partial charge is 0.371 e. The molecule has 1 atom stereocenters. The summed E-state index contributed by atoms with van der Waals surface area (Å²) < 4.78 is 23.0. The minimum absolute atomic E-state index is 0.0323. The summed E-state index contributed by atoms with van der Waals surface area (Å²) in [6.45, 7) is 2.01. The number of anilines is 1. The van der Waals surface area contributed by atoms with Crippen LogP contribution < -0.4 is 10.2 Å². The van der Waals surface area contributed by atoms with Gasteiger partial charge in [0.15, 0.2) is 9.84 Å². The van der Waals surface area contributed by atoms with Gasteiger partial charge in [0.1, 0.15) is 5.69 Å². The fraction of sp³-hybridized carbons (Fsp3) is 0.625. The highest BCUT2D eigenvalue weighted by atomic mass is 32.2. The summed E-state index contributed by atoms with van der Waals surface area (Å²) in [6.07, 6.45) is 6.99. The third kappa shape index (κ3) is 4.22. The Balaban J connectivity index is 1.68. The number of sulfone groups is 1. The van der Waals surface area contributed by atoms with Gasteiger partial charge in [-0.1, -0.05) is 12.8 Å². The summed E-state index contributed by atoms with van der Waals surface area (Å²) in [5.41, 5.74) is 1.38. The zero-order valence-corrected chi connectivity index (χ0v) is 14.0. The Labute approximate surface area is 137 Å². The van der Waals surface area contributed by atoms with Crippen LogP contribution in [0.2, 0.25) is 0 Å². The number of aromatic nitrogens is 1. The third-order valence-electron chi connectivity index (χ3n) is 4.52. The molecule has 2 aliphatic rings. The zero-order valence-electron chi connectivity index (χ0n) is 13.2. The second kappa shape index (κ2) is 6.86. The Bertz CT molecular complexity index is 667. The Morgan fingerprint density at radius 3 is 2.61 bits per heavy atom. The van der Waals surface area contributed by atoms with Crippen LogP contribution in [0.4, 0.5) is 5.69 Å². The SMILES string of the molecule is O=C(NC1CCS(=O)(=O)C1)c1cc(N2CCCCCC2)ccn1. The molecule has 2 fully saturated rings. The van der Waals surface area contributed by atoms with Gasteiger partial charge in [0, 0.05) is 31.0 Å². The molecule has 126 valence electrons. The van der Waals surface area contributed by atoms with E-state index in [1.54, 1.807) is 6.20 Å². The van der Waals surface area contributed by atoms with E-state index in [-0.39, 0.29) is 23.5 Å². The van der Waals surface area contributed by atoms with Crippen molar-refractivity contribution in [2.45, 2.75) is 38.1 Å². The molecule has 1 aromatic rings. The fourth-order valence-electron chi connectivity index (χ4n) is 3.24. The van der Waals surface area contributed by atoms with E-state index in [0.717, 1.165) is 18.8 Å². The van der Waals surface area contributed by atoms with E-state index in [1.165, 1.54) is 25.7 Å². The number of amides is 1. The minimum atomic E-state index is -3.00. The standard InChI is InChI=1S/C16H23N3O3S/c20-16(18-13-6-10-23(21,22)12-13)15-11-14(5-7-17-15)19-8-3-1-2-4-9-19/h5,7,11,13H,1-4,6,8-10,12H2,(H,18,20). The number of carbonyl (C=O) groups is 1. The molecule has 1 amide bonds. The molecule has 3 rings (SSSR count). The second-order valence-corrected chi connectivity index (χ2v) is 8.60. The smallest absolute Gasteiger partial charge is 0.270 e. The van der Waals surface area contributed by atoms with Crippen LogP contribution in [-0.4, -0.2) is 49.9 Å². The number of hydrogen-bond donors (Lipinski definition) is 1. The van der Waals surface area contributed by atoms with Crippen molar-refractivity contribution in [3.05, 3.63) is 24.0 Å². The first-order chi connectivity index (χ1) is 11.0. The Hall–Kier alpha value is -1.63. The van der Waals surface area contributed by atoms with Crippen molar-refractivity contribution in [1.82, 2.24) is 10.3 Å². The van der Waals surface area contributed by atoms with Gasteiger partial charge < -0.3 is 10.2 Å². The van der Waals surface area contributed by atoms with Crippen molar-refractivity contribution in [3.8, 4) is 0 Å². The van der Waals surface area contributed by atoms with E-state index in [2.05, 4.69) is 15.2 Å². The summed E-state index contributed by atoms with van der Waals surface area (Å²) in [4.78, 5) is 18.8. The Morgan fingerprint density at radius 1 is 1.22 bits per heavy atom. The van der Waals surface area contributed by atoms with Gasteiger partial charge in [-0.05, 0) is 31.4 Å². The number of carbonyl (C=O) groups excluding carboxylic acids is 1. The van der Waals surface area contributed by atoms with E-state index >= 15 is 0 Å². The number of pyridine rings is 1. The monoisotopic (exact) mass is 337 g/mol. The van der Waals surface area contributed by atoms with Gasteiger partial charge >= 0.3 is 0 Å². The van der Waals surface area contributed by atoms with Crippen LogP contribution in [0, 0.1) is 0 Å². The average molecular weight is 337 g/mol. The van der Waals surface area contributed by atoms with E-state index < -0.39 is 9.84 Å². The maximum absolute atomic E-state index is 12.3. The van der Waals surface area contributed by atoms with E-state index in [1.807, 2.05) is 12.1 Å². The lowest BCUT2D eigenvalue weighted by Crippen LogP contribution is -2.36. The first kappa shape index (κ1) is 16.2. The molecule has 0 bridgehead atoms. The number of rotatable bonds is 3. The normalized spacial score (nSPS) is 24.2. The summed E-state index contributed by atoms with van der Waals surface area (Å²) in [7, 11) is -3.00. The summed E-state index contributed by atoms with van der Waals surface area (Å²) in [6, 6.07) is 3.45. The molecule has 1 unspecified atom stereocenters. The van der Waals surface area contributed by atoms with Crippen molar-refractivity contribution >= 4 is 21.4 Å². The van der Waals surface area contributed by atoms with Crippen LogP contribution in [0.3, 0.4) is 0 Å². The van der Waals surface area contributed by atoms with Crippen LogP contribution in [0.1, 0.15) is 42.6 Å². The predicted molar refractivity (Wildman–Crippen MR) is 89.4 cm³/mol. The molecular weight excluding hydrogens is 314 g/mol. The molecule has 0 aromatic carbocycles. The fourth-order valence-corrected chi connectivity index (χ4v) is 4.91. The van der Waals surface area contributed by atoms with Crippen LogP contribution in [0.25, 0.3) is 0 Å². The second-order valence-electron chi connectivity index (χ2n) is 6.37. The molecular formula is C16H23N3O3S. The topological polar surface area (TPSA) is 79.4 Å². The molecule has 2 saturated heterocycles. The molecule has 1 aromatic heterocycles. The van der Waals surface area contributed by atoms with Gasteiger partial charge in [0.2, 0.25) is 0 Å². The molecule has 0 radical (unpaired) electrons. The first-order valence-electron chi connectivity index (χ1n) is 8.26. The van der Waals surface area contributed by atoms with Crippen LogP contribution in [0.5, 0.6) is 0 Å². The Morgan fingerprint density at radius 2 is 1.96 bits per heavy atom. The van der Waals surface area contributed by atoms with Crippen molar-refractivity contribution in [2.24, 2.45) is 0 Å². The maximum Gasteiger partial charge on any atom is 0.270 e. The van der Waals surface area contributed by atoms with Gasteiger partial charge in [-0.25, -0.2) is 8.42 Å². The number of nitrogens with zero attached hydrogens (tertiary/aromatic N) is 2. The van der Waals surface area contributed by atoms with E-state index in [9.17, 15) is 13.2 Å². The number of hydrogen-bond acceptors (Lipinski definition) is 5. The average Bonchev–Trinajstić information content (AvgIpc) is 2.75.